The van der Waals surface area contributed by atoms with Crippen molar-refractivity contribution in [1.29, 1.82) is 0 Å². The number of hydrogen-bond acceptors (Lipinski definition) is 6. The van der Waals surface area contributed by atoms with Gasteiger partial charge in [0, 0.05) is 12.6 Å². The van der Waals surface area contributed by atoms with Crippen molar-refractivity contribution in [3.8, 4) is 0 Å². The van der Waals surface area contributed by atoms with Crippen LogP contribution < -0.4 is 5.32 Å². The first-order valence-electron chi connectivity index (χ1n) is 13.1. The van der Waals surface area contributed by atoms with E-state index in [9.17, 15) is 5.11 Å². The van der Waals surface area contributed by atoms with E-state index in [4.69, 9.17) is 4.74 Å². The molecule has 38 heavy (non-hydrogen) atoms. The van der Waals surface area contributed by atoms with E-state index in [-0.39, 0.29) is 12.6 Å². The summed E-state index contributed by atoms with van der Waals surface area (Å²) in [5.41, 5.74) is 3.73. The van der Waals surface area contributed by atoms with Gasteiger partial charge in [0.1, 0.15) is 17.4 Å². The zero-order valence-electron chi connectivity index (χ0n) is 21.1. The minimum Gasteiger partial charge on any atom is -0.396 e. The van der Waals surface area contributed by atoms with Crippen LogP contribution in [0.25, 0.3) is 11.2 Å². The molecule has 1 fully saturated rings. The van der Waals surface area contributed by atoms with Crippen LogP contribution in [0.4, 0.5) is 5.82 Å². The second-order valence-electron chi connectivity index (χ2n) is 9.72. The smallest absolute Gasteiger partial charge is 0.165 e. The van der Waals surface area contributed by atoms with Crippen molar-refractivity contribution in [2.75, 3.05) is 18.5 Å². The van der Waals surface area contributed by atoms with Gasteiger partial charge in [-0.25, -0.2) is 15.0 Å². The highest BCUT2D eigenvalue weighted by Crippen LogP contribution is 2.41. The van der Waals surface area contributed by atoms with Gasteiger partial charge in [-0.1, -0.05) is 91.0 Å². The number of aromatic nitrogens is 4. The Hall–Kier alpha value is -4.07. The maximum Gasteiger partial charge on any atom is 0.165 e. The maximum atomic E-state index is 10.0. The second kappa shape index (κ2) is 10.7. The van der Waals surface area contributed by atoms with Crippen LogP contribution in [0.1, 0.15) is 42.0 Å². The highest BCUT2D eigenvalue weighted by Gasteiger charge is 2.38. The Labute approximate surface area is 222 Å². The molecule has 2 N–H and O–H groups in total. The number of aliphatic hydroxyl groups excluding tert-OH is 1. The molecule has 0 saturated heterocycles. The van der Waals surface area contributed by atoms with Gasteiger partial charge in [0.05, 0.1) is 19.0 Å². The quantitative estimate of drug-likeness (QED) is 0.236. The van der Waals surface area contributed by atoms with Gasteiger partial charge in [-0.15, -0.1) is 0 Å². The van der Waals surface area contributed by atoms with E-state index in [1.54, 1.807) is 12.7 Å². The summed E-state index contributed by atoms with van der Waals surface area (Å²) in [5, 5.41) is 13.5. The third-order valence-corrected chi connectivity index (χ3v) is 7.17. The fourth-order valence-corrected chi connectivity index (χ4v) is 5.09. The fraction of sp³-hybridized carbons (Fsp3) is 0.258. The molecule has 1 unspecified atom stereocenters. The zero-order chi connectivity index (χ0) is 25.8. The molecule has 7 heteroatoms. The number of anilines is 1. The molecule has 2 heterocycles. The van der Waals surface area contributed by atoms with Crippen LogP contribution in [-0.2, 0) is 10.3 Å². The number of hydrogen-bond donors (Lipinski definition) is 2. The predicted octanol–water partition coefficient (Wildman–Crippen LogP) is 5.33. The Morgan fingerprint density at radius 1 is 0.842 bits per heavy atom. The highest BCUT2D eigenvalue weighted by molar-refractivity contribution is 5.83. The lowest BCUT2D eigenvalue weighted by atomic mass is 9.80. The standard InChI is InChI=1S/C31H31N5O2/c37-19-18-27(36-22-34-28-29(35-26-16-17-26)32-21-33-30(28)36)20-38-31(23-10-4-1-5-11-23,24-12-6-2-7-13-24)25-14-8-3-9-15-25/h1-15,21-22,26-27,37H,16-20H2,(H,32,33,35). The Morgan fingerprint density at radius 2 is 1.42 bits per heavy atom. The van der Waals surface area contributed by atoms with Gasteiger partial charge in [-0.2, -0.15) is 0 Å². The van der Waals surface area contributed by atoms with E-state index in [1.165, 1.54) is 0 Å². The Morgan fingerprint density at radius 3 is 1.95 bits per heavy atom. The summed E-state index contributed by atoms with van der Waals surface area (Å²) in [6.45, 7) is 0.348. The average Bonchev–Trinajstić information content (AvgIpc) is 3.69. The number of benzene rings is 3. The van der Waals surface area contributed by atoms with Crippen molar-refractivity contribution < 1.29 is 9.84 Å². The maximum absolute atomic E-state index is 10.0. The van der Waals surface area contributed by atoms with Crippen LogP contribution in [0.3, 0.4) is 0 Å². The summed E-state index contributed by atoms with van der Waals surface area (Å²) in [5.74, 6) is 0.757. The SMILES string of the molecule is OCCC(COC(c1ccccc1)(c1ccccc1)c1ccccc1)n1cnc2c(NC3CC3)ncnc21. The van der Waals surface area contributed by atoms with E-state index in [0.29, 0.717) is 19.1 Å². The average molecular weight is 506 g/mol. The molecule has 0 radical (unpaired) electrons. The molecule has 0 aliphatic heterocycles. The van der Waals surface area contributed by atoms with E-state index >= 15 is 0 Å². The molecule has 192 valence electrons. The summed E-state index contributed by atoms with van der Waals surface area (Å²) >= 11 is 0. The largest absolute Gasteiger partial charge is 0.396 e. The summed E-state index contributed by atoms with van der Waals surface area (Å²) in [4.78, 5) is 13.7. The van der Waals surface area contributed by atoms with Crippen molar-refractivity contribution in [3.63, 3.8) is 0 Å². The molecule has 1 aliphatic rings. The second-order valence-corrected chi connectivity index (χ2v) is 9.72. The summed E-state index contributed by atoms with van der Waals surface area (Å²) in [6.07, 6.45) is 6.15. The molecule has 3 aromatic carbocycles. The van der Waals surface area contributed by atoms with Gasteiger partial charge in [-0.3, -0.25) is 0 Å². The van der Waals surface area contributed by atoms with E-state index in [0.717, 1.165) is 46.5 Å². The first-order valence-corrected chi connectivity index (χ1v) is 13.1. The van der Waals surface area contributed by atoms with Crippen LogP contribution in [0.2, 0.25) is 0 Å². The van der Waals surface area contributed by atoms with Gasteiger partial charge < -0.3 is 19.7 Å². The molecule has 1 saturated carbocycles. The molecule has 5 aromatic rings. The number of fused-ring (bicyclic) bond motifs is 1. The van der Waals surface area contributed by atoms with Crippen LogP contribution in [0.15, 0.2) is 104 Å². The summed E-state index contributed by atoms with van der Waals surface area (Å²) in [6, 6.07) is 31.2. The van der Waals surface area contributed by atoms with Gasteiger partial charge in [0.15, 0.2) is 11.5 Å². The zero-order valence-corrected chi connectivity index (χ0v) is 21.1. The molecule has 7 nitrogen and oxygen atoms in total. The van der Waals surface area contributed by atoms with Crippen LogP contribution in [0.5, 0.6) is 0 Å². The third kappa shape index (κ3) is 4.66. The molecule has 0 bridgehead atoms. The fourth-order valence-electron chi connectivity index (χ4n) is 5.09. The van der Waals surface area contributed by atoms with Crippen LogP contribution in [0, 0.1) is 0 Å². The van der Waals surface area contributed by atoms with Crippen LogP contribution in [-0.4, -0.2) is 43.9 Å². The summed E-state index contributed by atoms with van der Waals surface area (Å²) < 4.78 is 9.07. The number of aliphatic hydroxyl groups is 1. The lowest BCUT2D eigenvalue weighted by Gasteiger charge is -2.37. The first kappa shape index (κ1) is 24.3. The number of nitrogens with zero attached hydrogens (tertiary/aromatic N) is 4. The third-order valence-electron chi connectivity index (χ3n) is 7.17. The Kier molecular flexibility index (Phi) is 6.86. The number of ether oxygens (including phenoxy) is 1. The first-order chi connectivity index (χ1) is 18.8. The van der Waals surface area contributed by atoms with E-state index < -0.39 is 5.60 Å². The molecule has 0 amide bonds. The minimum absolute atomic E-state index is 0.0149. The number of nitrogens with one attached hydrogen (secondary N) is 1. The van der Waals surface area contributed by atoms with Gasteiger partial charge in [0.2, 0.25) is 0 Å². The highest BCUT2D eigenvalue weighted by atomic mass is 16.5. The van der Waals surface area contributed by atoms with Crippen molar-refractivity contribution in [2.24, 2.45) is 0 Å². The molecule has 1 atom stereocenters. The molecule has 2 aromatic heterocycles. The number of rotatable bonds is 11. The Balaban J connectivity index is 1.42. The lowest BCUT2D eigenvalue weighted by molar-refractivity contribution is -0.00889. The lowest BCUT2D eigenvalue weighted by Crippen LogP contribution is -2.35. The number of imidazole rings is 1. The monoisotopic (exact) mass is 505 g/mol. The van der Waals surface area contributed by atoms with Gasteiger partial charge in [0.25, 0.3) is 0 Å². The topological polar surface area (TPSA) is 85.1 Å². The minimum atomic E-state index is -0.846. The normalized spacial score (nSPS) is 14.4. The van der Waals surface area contributed by atoms with Gasteiger partial charge in [-0.05, 0) is 36.0 Å². The molecular weight excluding hydrogens is 474 g/mol. The van der Waals surface area contributed by atoms with Crippen molar-refractivity contribution in [2.45, 2.75) is 36.9 Å². The Bertz CT molecular complexity index is 1370. The molecular formula is C31H31N5O2. The van der Waals surface area contributed by atoms with E-state index in [1.807, 2.05) is 59.2 Å². The predicted molar refractivity (Wildman–Crippen MR) is 148 cm³/mol. The van der Waals surface area contributed by atoms with Crippen molar-refractivity contribution in [3.05, 3.63) is 120 Å². The molecule has 0 spiro atoms. The molecule has 6 rings (SSSR count). The van der Waals surface area contributed by atoms with Gasteiger partial charge >= 0.3 is 0 Å². The van der Waals surface area contributed by atoms with Crippen molar-refractivity contribution in [1.82, 2.24) is 19.5 Å². The van der Waals surface area contributed by atoms with Crippen molar-refractivity contribution >= 4 is 17.0 Å². The molecule has 1 aliphatic carbocycles. The summed E-state index contributed by atoms with van der Waals surface area (Å²) in [7, 11) is 0. The van der Waals surface area contributed by atoms with Crippen LogP contribution >= 0.6 is 0 Å². The van der Waals surface area contributed by atoms with E-state index in [2.05, 4.69) is 56.7 Å².